The van der Waals surface area contributed by atoms with Crippen molar-refractivity contribution in [1.29, 1.82) is 0 Å². The highest BCUT2D eigenvalue weighted by atomic mass is 32.1. The number of anilines is 1. The molecule has 0 aliphatic carbocycles. The average molecular weight is 239 g/mol. The van der Waals surface area contributed by atoms with E-state index in [9.17, 15) is 4.79 Å². The highest BCUT2D eigenvalue weighted by Crippen LogP contribution is 2.23. The normalized spacial score (nSPS) is 8.69. The van der Waals surface area contributed by atoms with Gasteiger partial charge < -0.3 is 5.32 Å². The fourth-order valence-corrected chi connectivity index (χ4v) is 1.78. The Hall–Kier alpha value is -1.80. The van der Waals surface area contributed by atoms with Crippen LogP contribution >= 0.6 is 11.3 Å². The van der Waals surface area contributed by atoms with Crippen molar-refractivity contribution in [2.45, 2.75) is 13.8 Å². The zero-order valence-corrected chi connectivity index (χ0v) is 10.2. The van der Waals surface area contributed by atoms with Crippen molar-refractivity contribution in [3.8, 4) is 0 Å². The third-order valence-electron chi connectivity index (χ3n) is 1.61. The third kappa shape index (κ3) is 2.84. The topological polar surface area (TPSA) is 54.0 Å². The molecule has 2 aromatic rings. The van der Waals surface area contributed by atoms with Gasteiger partial charge in [-0.1, -0.05) is 31.3 Å². The van der Waals surface area contributed by atoms with Crippen molar-refractivity contribution >= 4 is 32.7 Å². The van der Waals surface area contributed by atoms with Crippen LogP contribution in [0, 0.1) is 12.1 Å². The predicted octanol–water partition coefficient (Wildman–Crippen LogP) is 3.17. The number of hydrogen-bond acceptors (Lipinski definition) is 3. The van der Waals surface area contributed by atoms with E-state index in [1.807, 2.05) is 19.9 Å². The van der Waals surface area contributed by atoms with Gasteiger partial charge in [0.05, 0.1) is 5.52 Å². The molecule has 2 rings (SSSR count). The summed E-state index contributed by atoms with van der Waals surface area (Å²) in [5.41, 5.74) is 0.820. The van der Waals surface area contributed by atoms with E-state index in [0.717, 1.165) is 10.2 Å². The molecule has 88 valence electrons. The number of thiazole rings is 1. The maximum atomic E-state index is 11.0. The molecule has 4 nitrogen and oxygen atoms in total. The van der Waals surface area contributed by atoms with E-state index in [-0.39, 0.29) is 8.88 Å². The lowest BCUT2D eigenvalue weighted by Gasteiger charge is -1.96. The van der Waals surface area contributed by atoms with Crippen LogP contribution in [0.25, 0.3) is 10.2 Å². The van der Waals surface area contributed by atoms with Crippen LogP contribution in [0.1, 0.15) is 16.7 Å². The summed E-state index contributed by atoms with van der Waals surface area (Å²) >= 11 is 1.37. The van der Waals surface area contributed by atoms with Gasteiger partial charge in [0.1, 0.15) is 4.70 Å². The van der Waals surface area contributed by atoms with Crippen LogP contribution in [-0.2, 0) is 0 Å². The summed E-state index contributed by atoms with van der Waals surface area (Å²) in [7, 11) is 1.56. The molecule has 0 radical (unpaired) electrons. The minimum absolute atomic E-state index is 0. The monoisotopic (exact) mass is 239 g/mol. The standard InChI is InChI=1S/C9H7N3OS.C2H6.2H2/c1-10-8(13)12-9-11-6-4-2-3-5-7(6)14-9;1-2;;/h2,4H,1H3,(H2,10,11,12,13);1-2H3;2*1H. The highest BCUT2D eigenvalue weighted by molar-refractivity contribution is 7.22. The molecule has 1 aromatic heterocycles. The maximum Gasteiger partial charge on any atom is 0.320 e. The molecule has 2 amide bonds. The lowest BCUT2D eigenvalue weighted by molar-refractivity contribution is 0.254. The molecular weight excluding hydrogens is 222 g/mol. The first kappa shape index (κ1) is 12.3. The van der Waals surface area contributed by atoms with Gasteiger partial charge in [0.15, 0.2) is 5.13 Å². The van der Waals surface area contributed by atoms with Gasteiger partial charge in [0, 0.05) is 9.90 Å². The number of carbonyl (C=O) groups is 1. The van der Waals surface area contributed by atoms with Crippen LogP contribution in [0.2, 0.25) is 0 Å². The minimum Gasteiger partial charge on any atom is -0.341 e. The number of nitrogens with zero attached hydrogens (tertiary/aromatic N) is 1. The van der Waals surface area contributed by atoms with E-state index >= 15 is 0 Å². The largest absolute Gasteiger partial charge is 0.341 e. The molecule has 0 aliphatic rings. The van der Waals surface area contributed by atoms with Gasteiger partial charge in [0.25, 0.3) is 0 Å². The predicted molar refractivity (Wildman–Crippen MR) is 70.9 cm³/mol. The first-order valence-electron chi connectivity index (χ1n) is 4.97. The molecule has 5 heteroatoms. The molecule has 0 atom stereocenters. The number of hydrogen-bond donors (Lipinski definition) is 2. The maximum absolute atomic E-state index is 11.0. The smallest absolute Gasteiger partial charge is 0.320 e. The van der Waals surface area contributed by atoms with Crippen LogP contribution in [0.4, 0.5) is 9.93 Å². The fraction of sp³-hybridized carbons (Fsp3) is 0.273. The van der Waals surface area contributed by atoms with E-state index in [1.165, 1.54) is 11.3 Å². The molecule has 1 heterocycles. The summed E-state index contributed by atoms with van der Waals surface area (Å²) in [4.78, 5) is 15.2. The second-order valence-corrected chi connectivity index (χ2v) is 3.54. The van der Waals surface area contributed by atoms with Crippen molar-refractivity contribution in [2.75, 3.05) is 12.4 Å². The van der Waals surface area contributed by atoms with E-state index in [2.05, 4.69) is 27.8 Å². The summed E-state index contributed by atoms with van der Waals surface area (Å²) < 4.78 is 0.888. The quantitative estimate of drug-likeness (QED) is 0.803. The van der Waals surface area contributed by atoms with Gasteiger partial charge in [-0.3, -0.25) is 5.32 Å². The Labute approximate surface area is 102 Å². The van der Waals surface area contributed by atoms with Gasteiger partial charge in [0.2, 0.25) is 0 Å². The van der Waals surface area contributed by atoms with Crippen molar-refractivity contribution in [3.05, 3.63) is 24.3 Å². The fourth-order valence-electron chi connectivity index (χ4n) is 0.975. The van der Waals surface area contributed by atoms with Crippen molar-refractivity contribution in [3.63, 3.8) is 0 Å². The van der Waals surface area contributed by atoms with E-state index in [0.29, 0.717) is 5.13 Å². The number of fused-ring (bicyclic) bond motifs is 1. The lowest BCUT2D eigenvalue weighted by Crippen LogP contribution is -2.24. The molecule has 0 aliphatic heterocycles. The molecule has 0 saturated carbocycles. The van der Waals surface area contributed by atoms with Gasteiger partial charge in [-0.15, -0.1) is 0 Å². The molecule has 2 N–H and O–H groups in total. The van der Waals surface area contributed by atoms with Crippen LogP contribution in [0.15, 0.2) is 12.1 Å². The van der Waals surface area contributed by atoms with E-state index in [1.54, 1.807) is 13.1 Å². The van der Waals surface area contributed by atoms with Gasteiger partial charge in [-0.05, 0) is 18.2 Å². The molecular formula is C11H17N3OS. The zero-order valence-electron chi connectivity index (χ0n) is 9.42. The summed E-state index contributed by atoms with van der Waals surface area (Å²) in [6, 6.07) is 9.06. The SMILES string of the molecule is CC.CNC(=O)Nc1nc2ccc#cc2s1.[HH].[HH]. The number of urea groups is 1. The van der Waals surface area contributed by atoms with Crippen LogP contribution in [0.5, 0.6) is 0 Å². The summed E-state index contributed by atoms with van der Waals surface area (Å²) in [5, 5.41) is 5.63. The average Bonchev–Trinajstić information content (AvgIpc) is 2.73. The van der Waals surface area contributed by atoms with Gasteiger partial charge in [-0.25, -0.2) is 9.78 Å². The summed E-state index contributed by atoms with van der Waals surface area (Å²) in [6.07, 6.45) is 0. The third-order valence-corrected chi connectivity index (χ3v) is 2.51. The van der Waals surface area contributed by atoms with Gasteiger partial charge in [-0.2, -0.15) is 0 Å². The Morgan fingerprint density at radius 1 is 1.56 bits per heavy atom. The van der Waals surface area contributed by atoms with E-state index < -0.39 is 0 Å². The number of amides is 2. The molecule has 16 heavy (non-hydrogen) atoms. The molecule has 0 unspecified atom stereocenters. The zero-order chi connectivity index (χ0) is 12.0. The molecule has 0 spiro atoms. The second-order valence-electron chi connectivity index (χ2n) is 2.54. The molecule has 0 fully saturated rings. The Morgan fingerprint density at radius 2 is 2.31 bits per heavy atom. The number of carbonyl (C=O) groups excluding carboxylic acids is 1. The van der Waals surface area contributed by atoms with Crippen molar-refractivity contribution in [2.24, 2.45) is 0 Å². The Balaban J connectivity index is 0. The Kier molecular flexibility index (Phi) is 4.55. The van der Waals surface area contributed by atoms with Crippen LogP contribution in [-0.4, -0.2) is 18.1 Å². The van der Waals surface area contributed by atoms with Gasteiger partial charge >= 0.3 is 6.03 Å². The first-order valence-corrected chi connectivity index (χ1v) is 5.79. The lowest BCUT2D eigenvalue weighted by atomic mass is 10.4. The van der Waals surface area contributed by atoms with Crippen molar-refractivity contribution < 1.29 is 7.65 Å². The van der Waals surface area contributed by atoms with Crippen LogP contribution < -0.4 is 10.6 Å². The Bertz CT molecular complexity index is 443. The second kappa shape index (κ2) is 5.93. The highest BCUT2D eigenvalue weighted by Gasteiger charge is 2.04. The Morgan fingerprint density at radius 3 is 2.94 bits per heavy atom. The first-order chi connectivity index (χ1) is 7.79. The van der Waals surface area contributed by atoms with E-state index in [4.69, 9.17) is 0 Å². The van der Waals surface area contributed by atoms with Crippen molar-refractivity contribution in [1.82, 2.24) is 10.3 Å². The molecule has 1 aromatic carbocycles. The van der Waals surface area contributed by atoms with Crippen LogP contribution in [0.3, 0.4) is 0 Å². The summed E-state index contributed by atoms with van der Waals surface area (Å²) in [5.74, 6) is 0. The number of rotatable bonds is 1. The molecule has 0 bridgehead atoms. The number of nitrogens with one attached hydrogen (secondary N) is 2. The summed E-state index contributed by atoms with van der Waals surface area (Å²) in [6.45, 7) is 4.00. The number of aromatic nitrogens is 1. The molecule has 0 saturated heterocycles. The minimum atomic E-state index is -0.270.